The number of carbonyl (C=O) groups excluding carboxylic acids is 2. The van der Waals surface area contributed by atoms with E-state index in [1.54, 1.807) is 11.9 Å². The van der Waals surface area contributed by atoms with Crippen molar-refractivity contribution in [2.24, 2.45) is 0 Å². The maximum Gasteiger partial charge on any atom is 0.410 e. The predicted molar refractivity (Wildman–Crippen MR) is 120 cm³/mol. The molecule has 8 heteroatoms. The number of ether oxygens (including phenoxy) is 2. The molecule has 0 spiro atoms. The number of carbonyl (C=O) groups is 2. The second kappa shape index (κ2) is 10.2. The Morgan fingerprint density at radius 2 is 1.84 bits per heavy atom. The van der Waals surface area contributed by atoms with Crippen LogP contribution in [0.1, 0.15) is 39.2 Å². The topological polar surface area (TPSA) is 71.1 Å². The fourth-order valence-corrected chi connectivity index (χ4v) is 4.38. The lowest BCUT2D eigenvalue weighted by Gasteiger charge is -2.46. The molecule has 7 nitrogen and oxygen atoms in total. The van der Waals surface area contributed by atoms with E-state index in [1.807, 2.05) is 45.0 Å². The van der Waals surface area contributed by atoms with Crippen molar-refractivity contribution in [1.82, 2.24) is 15.1 Å². The molecule has 2 saturated heterocycles. The molecule has 1 aromatic carbocycles. The highest BCUT2D eigenvalue weighted by Crippen LogP contribution is 2.26. The number of amides is 2. The molecule has 3 rings (SSSR count). The Morgan fingerprint density at radius 3 is 2.42 bits per heavy atom. The molecule has 2 atom stereocenters. The van der Waals surface area contributed by atoms with Crippen LogP contribution < -0.4 is 5.32 Å². The molecular weight excluding hydrogens is 418 g/mol. The van der Waals surface area contributed by atoms with Gasteiger partial charge in [0.15, 0.2) is 0 Å². The van der Waals surface area contributed by atoms with Crippen molar-refractivity contribution in [3.05, 3.63) is 34.9 Å². The van der Waals surface area contributed by atoms with Gasteiger partial charge in [-0.15, -0.1) is 0 Å². The van der Waals surface area contributed by atoms with Crippen molar-refractivity contribution < 1.29 is 19.1 Å². The highest BCUT2D eigenvalue weighted by Gasteiger charge is 2.38. The van der Waals surface area contributed by atoms with Crippen LogP contribution in [-0.2, 0) is 20.7 Å². The molecule has 0 bridgehead atoms. The van der Waals surface area contributed by atoms with Gasteiger partial charge >= 0.3 is 6.09 Å². The van der Waals surface area contributed by atoms with Gasteiger partial charge in [0.25, 0.3) is 0 Å². The standard InChI is InChI=1S/C23H34ClN3O4/c1-23(2,3)31-22(29)26-11-9-18(10-12-26)27-14-20(21(28)25-4)30-15-19(27)13-16-5-7-17(24)8-6-16/h5-8,18-20H,9-15H2,1-4H3,(H,25,28)/t19?,20-/m1/s1. The zero-order chi connectivity index (χ0) is 22.6. The number of rotatable bonds is 4. The number of nitrogens with zero attached hydrogens (tertiary/aromatic N) is 2. The van der Waals surface area contributed by atoms with Crippen molar-refractivity contribution in [3.63, 3.8) is 0 Å². The second-order valence-electron chi connectivity index (χ2n) is 9.32. The predicted octanol–water partition coefficient (Wildman–Crippen LogP) is 3.10. The van der Waals surface area contributed by atoms with Crippen LogP contribution in [0.25, 0.3) is 0 Å². The Balaban J connectivity index is 1.67. The van der Waals surface area contributed by atoms with Gasteiger partial charge in [-0.25, -0.2) is 4.79 Å². The van der Waals surface area contributed by atoms with Crippen molar-refractivity contribution >= 4 is 23.6 Å². The van der Waals surface area contributed by atoms with Crippen molar-refractivity contribution in [1.29, 1.82) is 0 Å². The van der Waals surface area contributed by atoms with Gasteiger partial charge in [0.2, 0.25) is 5.91 Å². The Morgan fingerprint density at radius 1 is 1.19 bits per heavy atom. The molecule has 1 N–H and O–H groups in total. The van der Waals surface area contributed by atoms with Gasteiger partial charge in [0.1, 0.15) is 11.7 Å². The summed E-state index contributed by atoms with van der Waals surface area (Å²) < 4.78 is 11.4. The van der Waals surface area contributed by atoms with Gasteiger partial charge in [0, 0.05) is 43.8 Å². The molecule has 2 aliphatic rings. The fraction of sp³-hybridized carbons (Fsp3) is 0.652. The highest BCUT2D eigenvalue weighted by atomic mass is 35.5. The third-order valence-electron chi connectivity index (χ3n) is 5.84. The second-order valence-corrected chi connectivity index (χ2v) is 9.75. The van der Waals surface area contributed by atoms with Crippen molar-refractivity contribution in [3.8, 4) is 0 Å². The number of morpholine rings is 1. The highest BCUT2D eigenvalue weighted by molar-refractivity contribution is 6.30. The molecular formula is C23H34ClN3O4. The molecule has 0 aromatic heterocycles. The van der Waals surface area contributed by atoms with E-state index in [2.05, 4.69) is 10.2 Å². The summed E-state index contributed by atoms with van der Waals surface area (Å²) in [6.45, 7) is 7.98. The number of piperidine rings is 1. The molecule has 2 fully saturated rings. The minimum absolute atomic E-state index is 0.0962. The Hall–Kier alpha value is -1.83. The molecule has 2 heterocycles. The van der Waals surface area contributed by atoms with Gasteiger partial charge in [0.05, 0.1) is 6.61 Å². The van der Waals surface area contributed by atoms with Crippen LogP contribution in [0.15, 0.2) is 24.3 Å². The van der Waals surface area contributed by atoms with Gasteiger partial charge in [-0.1, -0.05) is 23.7 Å². The largest absolute Gasteiger partial charge is 0.444 e. The number of likely N-dealkylation sites (tertiary alicyclic amines) is 1. The summed E-state index contributed by atoms with van der Waals surface area (Å²) in [6.07, 6.45) is 1.78. The summed E-state index contributed by atoms with van der Waals surface area (Å²) in [4.78, 5) is 28.8. The third-order valence-corrected chi connectivity index (χ3v) is 6.10. The molecule has 172 valence electrons. The lowest BCUT2D eigenvalue weighted by molar-refractivity contribution is -0.145. The van der Waals surface area contributed by atoms with E-state index < -0.39 is 11.7 Å². The normalized spacial score (nSPS) is 23.5. The minimum Gasteiger partial charge on any atom is -0.444 e. The molecule has 2 amide bonds. The molecule has 31 heavy (non-hydrogen) atoms. The monoisotopic (exact) mass is 451 g/mol. The Bertz CT molecular complexity index is 757. The molecule has 0 radical (unpaired) electrons. The molecule has 1 unspecified atom stereocenters. The quantitative estimate of drug-likeness (QED) is 0.761. The zero-order valence-corrected chi connectivity index (χ0v) is 19.7. The van der Waals surface area contributed by atoms with E-state index >= 15 is 0 Å². The molecule has 1 aromatic rings. The number of nitrogens with one attached hydrogen (secondary N) is 1. The van der Waals surface area contributed by atoms with Crippen LogP contribution in [0.2, 0.25) is 5.02 Å². The van der Waals surface area contributed by atoms with E-state index in [0.29, 0.717) is 26.2 Å². The van der Waals surface area contributed by atoms with Gasteiger partial charge in [-0.05, 0) is 57.7 Å². The number of benzene rings is 1. The van der Waals surface area contributed by atoms with Gasteiger partial charge in [-0.3, -0.25) is 9.69 Å². The van der Waals surface area contributed by atoms with Crippen LogP contribution in [0.3, 0.4) is 0 Å². The van der Waals surface area contributed by atoms with Crippen molar-refractivity contribution in [2.75, 3.05) is 33.3 Å². The molecule has 2 aliphatic heterocycles. The van der Waals surface area contributed by atoms with E-state index in [-0.39, 0.29) is 24.1 Å². The average Bonchev–Trinajstić information content (AvgIpc) is 2.74. The average molecular weight is 452 g/mol. The van der Waals surface area contributed by atoms with Crippen LogP contribution in [0, 0.1) is 0 Å². The Labute approximate surface area is 190 Å². The number of likely N-dealkylation sites (N-methyl/N-ethyl adjacent to an activating group) is 1. The summed E-state index contributed by atoms with van der Waals surface area (Å²) in [7, 11) is 1.63. The maximum atomic E-state index is 12.4. The smallest absolute Gasteiger partial charge is 0.410 e. The molecule has 0 aliphatic carbocycles. The first-order valence-corrected chi connectivity index (χ1v) is 11.4. The number of hydrogen-bond donors (Lipinski definition) is 1. The van der Waals surface area contributed by atoms with Crippen molar-refractivity contribution in [2.45, 2.75) is 63.8 Å². The maximum absolute atomic E-state index is 12.4. The van der Waals surface area contributed by atoms with Crippen LogP contribution >= 0.6 is 11.6 Å². The number of hydrogen-bond acceptors (Lipinski definition) is 5. The SMILES string of the molecule is CNC(=O)[C@H]1CN(C2CCN(C(=O)OC(C)(C)C)CC2)C(Cc2ccc(Cl)cc2)CO1. The minimum atomic E-state index is -0.497. The zero-order valence-electron chi connectivity index (χ0n) is 18.9. The first-order valence-electron chi connectivity index (χ1n) is 11.0. The fourth-order valence-electron chi connectivity index (χ4n) is 4.26. The van der Waals surface area contributed by atoms with Crippen LogP contribution in [0.5, 0.6) is 0 Å². The van der Waals surface area contributed by atoms with Crippen LogP contribution in [-0.4, -0.2) is 78.9 Å². The number of halogens is 1. The summed E-state index contributed by atoms with van der Waals surface area (Å²) in [5.41, 5.74) is 0.690. The molecule has 0 saturated carbocycles. The van der Waals surface area contributed by atoms with E-state index in [1.165, 1.54) is 5.56 Å². The lowest BCUT2D eigenvalue weighted by atomic mass is 9.96. The third kappa shape index (κ3) is 6.57. The van der Waals surface area contributed by atoms with Gasteiger partial charge in [-0.2, -0.15) is 0 Å². The van der Waals surface area contributed by atoms with Gasteiger partial charge < -0.3 is 19.7 Å². The summed E-state index contributed by atoms with van der Waals surface area (Å²) in [5.74, 6) is -0.0962. The van der Waals surface area contributed by atoms with Crippen LogP contribution in [0.4, 0.5) is 4.79 Å². The van der Waals surface area contributed by atoms with E-state index in [4.69, 9.17) is 21.1 Å². The first kappa shape index (κ1) is 23.8. The lowest BCUT2D eigenvalue weighted by Crippen LogP contribution is -2.60. The summed E-state index contributed by atoms with van der Waals surface area (Å²) >= 11 is 6.03. The first-order chi connectivity index (χ1) is 14.7. The summed E-state index contributed by atoms with van der Waals surface area (Å²) in [6, 6.07) is 8.33. The Kier molecular flexibility index (Phi) is 7.83. The summed E-state index contributed by atoms with van der Waals surface area (Å²) in [5, 5.41) is 3.42. The van der Waals surface area contributed by atoms with E-state index in [0.717, 1.165) is 24.3 Å². The van der Waals surface area contributed by atoms with E-state index in [9.17, 15) is 9.59 Å².